The lowest BCUT2D eigenvalue weighted by Crippen LogP contribution is -2.23. The van der Waals surface area contributed by atoms with Gasteiger partial charge in [-0.05, 0) is 43.7 Å². The van der Waals surface area contributed by atoms with E-state index in [2.05, 4.69) is 11.9 Å². The van der Waals surface area contributed by atoms with E-state index in [9.17, 15) is 5.11 Å². The number of aryl methyl sites for hydroxylation is 1. The molecule has 0 aliphatic heterocycles. The summed E-state index contributed by atoms with van der Waals surface area (Å²) in [5, 5.41) is 10.5. The minimum atomic E-state index is -0.747. The van der Waals surface area contributed by atoms with Gasteiger partial charge in [-0.2, -0.15) is 0 Å². The van der Waals surface area contributed by atoms with Gasteiger partial charge in [-0.15, -0.1) is 0 Å². The maximum absolute atomic E-state index is 10.5. The Morgan fingerprint density at radius 3 is 2.93 bits per heavy atom. The third kappa shape index (κ3) is 1.84. The van der Waals surface area contributed by atoms with Crippen molar-refractivity contribution in [3.05, 3.63) is 23.4 Å². The molecule has 1 aliphatic rings. The molecular weight excluding hydrogens is 188 g/mol. The van der Waals surface area contributed by atoms with Gasteiger partial charge in [0.05, 0.1) is 5.60 Å². The van der Waals surface area contributed by atoms with E-state index in [1.165, 1.54) is 0 Å². The van der Waals surface area contributed by atoms with Crippen molar-refractivity contribution in [2.24, 2.45) is 5.92 Å². The molecule has 2 atom stereocenters. The van der Waals surface area contributed by atoms with Crippen molar-refractivity contribution in [2.75, 3.05) is 5.73 Å². The number of nitrogen functional groups attached to an aromatic ring is 1. The van der Waals surface area contributed by atoms with Crippen LogP contribution in [0.1, 0.15) is 37.3 Å². The second-order valence-corrected chi connectivity index (χ2v) is 4.83. The quantitative estimate of drug-likeness (QED) is 0.738. The standard InChI is InChI=1S/C12H18N2O/c1-8-3-4-12(15,6-8)10-5-9(2)7-14-11(10)13/h5,7-8,15H,3-4,6H2,1-2H3,(H2,13,14). The van der Waals surface area contributed by atoms with Gasteiger partial charge in [0, 0.05) is 11.8 Å². The Kier molecular flexibility index (Phi) is 2.43. The average Bonchev–Trinajstić information content (AvgIpc) is 2.52. The highest BCUT2D eigenvalue weighted by molar-refractivity contribution is 5.45. The Bertz CT molecular complexity index is 378. The van der Waals surface area contributed by atoms with Crippen molar-refractivity contribution in [2.45, 2.75) is 38.7 Å². The number of pyridine rings is 1. The van der Waals surface area contributed by atoms with Gasteiger partial charge in [-0.25, -0.2) is 4.98 Å². The van der Waals surface area contributed by atoms with Crippen LogP contribution in [0.2, 0.25) is 0 Å². The van der Waals surface area contributed by atoms with Crippen molar-refractivity contribution in [3.8, 4) is 0 Å². The summed E-state index contributed by atoms with van der Waals surface area (Å²) in [6, 6.07) is 1.96. The number of hydrogen-bond donors (Lipinski definition) is 2. The molecule has 0 aromatic carbocycles. The monoisotopic (exact) mass is 206 g/mol. The molecule has 1 aromatic rings. The number of rotatable bonds is 1. The molecule has 1 saturated carbocycles. The predicted molar refractivity (Wildman–Crippen MR) is 60.3 cm³/mol. The van der Waals surface area contributed by atoms with Crippen LogP contribution in [0.3, 0.4) is 0 Å². The van der Waals surface area contributed by atoms with Crippen LogP contribution in [0, 0.1) is 12.8 Å². The molecule has 1 heterocycles. The van der Waals surface area contributed by atoms with Gasteiger partial charge in [0.15, 0.2) is 0 Å². The fourth-order valence-electron chi connectivity index (χ4n) is 2.46. The van der Waals surface area contributed by atoms with Gasteiger partial charge in [0.2, 0.25) is 0 Å². The molecule has 2 unspecified atom stereocenters. The molecule has 15 heavy (non-hydrogen) atoms. The van der Waals surface area contributed by atoms with Crippen molar-refractivity contribution in [1.82, 2.24) is 4.98 Å². The maximum Gasteiger partial charge on any atom is 0.129 e. The Morgan fingerprint density at radius 2 is 2.33 bits per heavy atom. The van der Waals surface area contributed by atoms with Gasteiger partial charge >= 0.3 is 0 Å². The molecule has 0 saturated heterocycles. The first-order valence-electron chi connectivity index (χ1n) is 5.46. The smallest absolute Gasteiger partial charge is 0.129 e. The van der Waals surface area contributed by atoms with Gasteiger partial charge in [0.25, 0.3) is 0 Å². The third-order valence-corrected chi connectivity index (χ3v) is 3.29. The molecule has 3 N–H and O–H groups in total. The molecular formula is C12H18N2O. The molecule has 1 aliphatic carbocycles. The first kappa shape index (κ1) is 10.4. The summed E-state index contributed by atoms with van der Waals surface area (Å²) in [6.45, 7) is 4.13. The van der Waals surface area contributed by atoms with Gasteiger partial charge in [-0.3, -0.25) is 0 Å². The largest absolute Gasteiger partial charge is 0.385 e. The molecule has 0 amide bonds. The third-order valence-electron chi connectivity index (χ3n) is 3.29. The zero-order chi connectivity index (χ0) is 11.1. The van der Waals surface area contributed by atoms with Gasteiger partial charge in [0.1, 0.15) is 5.82 Å². The molecule has 82 valence electrons. The molecule has 2 rings (SSSR count). The summed E-state index contributed by atoms with van der Waals surface area (Å²) in [5.74, 6) is 1.03. The Labute approximate surface area is 90.3 Å². The van der Waals surface area contributed by atoms with Crippen LogP contribution in [0.4, 0.5) is 5.82 Å². The van der Waals surface area contributed by atoms with Gasteiger partial charge < -0.3 is 10.8 Å². The summed E-state index contributed by atoms with van der Waals surface area (Å²) >= 11 is 0. The van der Waals surface area contributed by atoms with Crippen molar-refractivity contribution in [1.29, 1.82) is 0 Å². The van der Waals surface area contributed by atoms with E-state index in [0.717, 1.165) is 30.4 Å². The number of nitrogens with zero attached hydrogens (tertiary/aromatic N) is 1. The second kappa shape index (κ2) is 3.49. The van der Waals surface area contributed by atoms with Crippen LogP contribution in [0.5, 0.6) is 0 Å². The zero-order valence-electron chi connectivity index (χ0n) is 9.33. The fourth-order valence-corrected chi connectivity index (χ4v) is 2.46. The molecule has 0 bridgehead atoms. The summed E-state index contributed by atoms with van der Waals surface area (Å²) in [6.07, 6.45) is 4.39. The number of hydrogen-bond acceptors (Lipinski definition) is 3. The summed E-state index contributed by atoms with van der Waals surface area (Å²) in [5.41, 5.74) is 6.94. The minimum absolute atomic E-state index is 0.470. The highest BCUT2D eigenvalue weighted by Crippen LogP contribution is 2.43. The normalized spacial score (nSPS) is 30.7. The fraction of sp³-hybridized carbons (Fsp3) is 0.583. The Balaban J connectivity index is 2.40. The highest BCUT2D eigenvalue weighted by atomic mass is 16.3. The molecule has 3 nitrogen and oxygen atoms in total. The van der Waals surface area contributed by atoms with Crippen LogP contribution in [0.25, 0.3) is 0 Å². The number of nitrogens with two attached hydrogens (primary N) is 1. The number of aromatic nitrogens is 1. The SMILES string of the molecule is Cc1cnc(N)c(C2(O)CCC(C)C2)c1. The summed E-state index contributed by atoms with van der Waals surface area (Å²) < 4.78 is 0. The lowest BCUT2D eigenvalue weighted by molar-refractivity contribution is 0.0412. The first-order valence-corrected chi connectivity index (χ1v) is 5.46. The lowest BCUT2D eigenvalue weighted by atomic mass is 9.91. The van der Waals surface area contributed by atoms with Crippen LogP contribution in [-0.4, -0.2) is 10.1 Å². The molecule has 1 aromatic heterocycles. The van der Waals surface area contributed by atoms with Crippen LogP contribution in [-0.2, 0) is 5.60 Å². The number of aliphatic hydroxyl groups is 1. The molecule has 1 fully saturated rings. The van der Waals surface area contributed by atoms with Crippen LogP contribution < -0.4 is 5.73 Å². The molecule has 0 spiro atoms. The Morgan fingerprint density at radius 1 is 1.60 bits per heavy atom. The average molecular weight is 206 g/mol. The molecule has 3 heteroatoms. The summed E-state index contributed by atoms with van der Waals surface area (Å²) in [7, 11) is 0. The van der Waals surface area contributed by atoms with Gasteiger partial charge in [-0.1, -0.05) is 6.92 Å². The van der Waals surface area contributed by atoms with E-state index in [0.29, 0.717) is 11.7 Å². The number of anilines is 1. The van der Waals surface area contributed by atoms with E-state index in [4.69, 9.17) is 5.73 Å². The van der Waals surface area contributed by atoms with E-state index in [1.807, 2.05) is 13.0 Å². The second-order valence-electron chi connectivity index (χ2n) is 4.83. The van der Waals surface area contributed by atoms with Crippen LogP contribution in [0.15, 0.2) is 12.3 Å². The zero-order valence-corrected chi connectivity index (χ0v) is 9.33. The summed E-state index contributed by atoms with van der Waals surface area (Å²) in [4.78, 5) is 4.11. The topological polar surface area (TPSA) is 59.1 Å². The maximum atomic E-state index is 10.5. The van der Waals surface area contributed by atoms with E-state index < -0.39 is 5.60 Å². The van der Waals surface area contributed by atoms with E-state index >= 15 is 0 Å². The molecule has 0 radical (unpaired) electrons. The van der Waals surface area contributed by atoms with Crippen LogP contribution >= 0.6 is 0 Å². The predicted octanol–water partition coefficient (Wildman–Crippen LogP) is 1.98. The highest BCUT2D eigenvalue weighted by Gasteiger charge is 2.38. The van der Waals surface area contributed by atoms with E-state index in [1.54, 1.807) is 6.20 Å². The lowest BCUT2D eigenvalue weighted by Gasteiger charge is -2.24. The van der Waals surface area contributed by atoms with Crippen molar-refractivity contribution in [3.63, 3.8) is 0 Å². The van der Waals surface area contributed by atoms with Crippen molar-refractivity contribution >= 4 is 5.82 Å². The van der Waals surface area contributed by atoms with Crippen molar-refractivity contribution < 1.29 is 5.11 Å². The Hall–Kier alpha value is -1.09. The van der Waals surface area contributed by atoms with E-state index in [-0.39, 0.29) is 0 Å². The first-order chi connectivity index (χ1) is 7.01. The minimum Gasteiger partial charge on any atom is -0.385 e.